The van der Waals surface area contributed by atoms with Crippen LogP contribution >= 0.6 is 11.3 Å². The van der Waals surface area contributed by atoms with Gasteiger partial charge in [-0.25, -0.2) is 4.98 Å². The average Bonchev–Trinajstić information content (AvgIpc) is 2.94. The number of aromatic nitrogens is 1. The van der Waals surface area contributed by atoms with Crippen LogP contribution in [0.15, 0.2) is 29.1 Å². The van der Waals surface area contributed by atoms with Crippen LogP contribution in [-0.4, -0.2) is 18.7 Å². The van der Waals surface area contributed by atoms with Gasteiger partial charge in [-0.1, -0.05) is 0 Å². The van der Waals surface area contributed by atoms with Gasteiger partial charge in [-0.3, -0.25) is 0 Å². The maximum atomic E-state index is 5.50. The van der Waals surface area contributed by atoms with Gasteiger partial charge >= 0.3 is 0 Å². The molecule has 0 bridgehead atoms. The van der Waals surface area contributed by atoms with E-state index in [9.17, 15) is 0 Å². The standard InChI is InChI=1S/C14H18N2O2S/c1-4-18-13-6-5-11(7-14(13)17-3)16-10(2)12-8-19-9-15-12/h5-10,16H,4H2,1-3H3. The highest BCUT2D eigenvalue weighted by atomic mass is 32.1. The van der Waals surface area contributed by atoms with Gasteiger partial charge in [0.25, 0.3) is 0 Å². The zero-order chi connectivity index (χ0) is 13.7. The molecule has 102 valence electrons. The highest BCUT2D eigenvalue weighted by molar-refractivity contribution is 7.07. The van der Waals surface area contributed by atoms with Gasteiger partial charge in [0.05, 0.1) is 31.0 Å². The molecule has 0 spiro atoms. The summed E-state index contributed by atoms with van der Waals surface area (Å²) in [6, 6.07) is 6.00. The molecule has 19 heavy (non-hydrogen) atoms. The number of benzene rings is 1. The van der Waals surface area contributed by atoms with Gasteiger partial charge < -0.3 is 14.8 Å². The van der Waals surface area contributed by atoms with E-state index in [1.54, 1.807) is 18.4 Å². The van der Waals surface area contributed by atoms with E-state index >= 15 is 0 Å². The van der Waals surface area contributed by atoms with Crippen LogP contribution in [0, 0.1) is 0 Å². The summed E-state index contributed by atoms with van der Waals surface area (Å²) in [5.74, 6) is 1.49. The second-order valence-electron chi connectivity index (χ2n) is 4.08. The summed E-state index contributed by atoms with van der Waals surface area (Å²) in [6.07, 6.45) is 0. The molecule has 1 aromatic heterocycles. The Morgan fingerprint density at radius 3 is 2.84 bits per heavy atom. The molecule has 5 heteroatoms. The van der Waals surface area contributed by atoms with Gasteiger partial charge in [0.1, 0.15) is 0 Å². The molecule has 0 radical (unpaired) electrons. The second-order valence-corrected chi connectivity index (χ2v) is 4.80. The molecule has 0 saturated heterocycles. The summed E-state index contributed by atoms with van der Waals surface area (Å²) in [5, 5.41) is 5.44. The molecular formula is C14H18N2O2S. The Kier molecular flexibility index (Phi) is 4.63. The van der Waals surface area contributed by atoms with Crippen LogP contribution in [0.4, 0.5) is 5.69 Å². The largest absolute Gasteiger partial charge is 0.493 e. The SMILES string of the molecule is CCOc1ccc(NC(C)c2cscn2)cc1OC. The van der Waals surface area contributed by atoms with Crippen LogP contribution in [0.2, 0.25) is 0 Å². The van der Waals surface area contributed by atoms with Crippen molar-refractivity contribution in [2.24, 2.45) is 0 Å². The zero-order valence-electron chi connectivity index (χ0n) is 11.3. The number of hydrogen-bond acceptors (Lipinski definition) is 5. The fraction of sp³-hybridized carbons (Fsp3) is 0.357. The Labute approximate surface area is 117 Å². The van der Waals surface area contributed by atoms with Gasteiger partial charge in [0, 0.05) is 17.1 Å². The van der Waals surface area contributed by atoms with Gasteiger partial charge in [-0.2, -0.15) is 0 Å². The van der Waals surface area contributed by atoms with Crippen molar-refractivity contribution in [3.8, 4) is 11.5 Å². The first-order chi connectivity index (χ1) is 9.24. The average molecular weight is 278 g/mol. The predicted octanol–water partition coefficient (Wildman–Crippen LogP) is 3.72. The van der Waals surface area contributed by atoms with Crippen molar-refractivity contribution in [3.05, 3.63) is 34.8 Å². The maximum Gasteiger partial charge on any atom is 0.162 e. The lowest BCUT2D eigenvalue weighted by molar-refractivity contribution is 0.311. The summed E-state index contributed by atoms with van der Waals surface area (Å²) in [6.45, 7) is 4.66. The molecule has 0 aliphatic carbocycles. The minimum absolute atomic E-state index is 0.161. The van der Waals surface area contributed by atoms with Crippen LogP contribution in [0.25, 0.3) is 0 Å². The summed E-state index contributed by atoms with van der Waals surface area (Å²) in [4.78, 5) is 4.30. The minimum atomic E-state index is 0.161. The number of rotatable bonds is 6. The second kappa shape index (κ2) is 6.43. The molecule has 0 aliphatic heterocycles. The smallest absolute Gasteiger partial charge is 0.162 e. The fourth-order valence-corrected chi connectivity index (χ4v) is 2.44. The Bertz CT molecular complexity index is 514. The first-order valence-electron chi connectivity index (χ1n) is 6.20. The zero-order valence-corrected chi connectivity index (χ0v) is 12.2. The molecule has 0 saturated carbocycles. The van der Waals surface area contributed by atoms with E-state index in [4.69, 9.17) is 9.47 Å². The van der Waals surface area contributed by atoms with Gasteiger partial charge in [-0.05, 0) is 26.0 Å². The van der Waals surface area contributed by atoms with Crippen LogP contribution < -0.4 is 14.8 Å². The summed E-state index contributed by atoms with van der Waals surface area (Å²) < 4.78 is 10.8. The van der Waals surface area contributed by atoms with E-state index in [0.717, 1.165) is 22.9 Å². The van der Waals surface area contributed by atoms with Crippen molar-refractivity contribution in [2.75, 3.05) is 19.0 Å². The van der Waals surface area contributed by atoms with E-state index in [-0.39, 0.29) is 6.04 Å². The number of hydrogen-bond donors (Lipinski definition) is 1. The molecule has 4 nitrogen and oxygen atoms in total. The Morgan fingerprint density at radius 2 is 2.21 bits per heavy atom. The summed E-state index contributed by atoms with van der Waals surface area (Å²) >= 11 is 1.60. The lowest BCUT2D eigenvalue weighted by Crippen LogP contribution is -2.07. The van der Waals surface area contributed by atoms with Crippen molar-refractivity contribution < 1.29 is 9.47 Å². The van der Waals surface area contributed by atoms with Crippen LogP contribution in [0.3, 0.4) is 0 Å². The van der Waals surface area contributed by atoms with Crippen molar-refractivity contribution in [1.29, 1.82) is 0 Å². The van der Waals surface area contributed by atoms with Crippen molar-refractivity contribution in [3.63, 3.8) is 0 Å². The van der Waals surface area contributed by atoms with E-state index in [1.165, 1.54) is 0 Å². The fourth-order valence-electron chi connectivity index (χ4n) is 1.79. The highest BCUT2D eigenvalue weighted by Gasteiger charge is 2.10. The van der Waals surface area contributed by atoms with Crippen molar-refractivity contribution >= 4 is 17.0 Å². The predicted molar refractivity (Wildman–Crippen MR) is 78.3 cm³/mol. The van der Waals surface area contributed by atoms with Crippen LogP contribution in [-0.2, 0) is 0 Å². The molecule has 0 amide bonds. The third-order valence-electron chi connectivity index (χ3n) is 2.74. The third-order valence-corrected chi connectivity index (χ3v) is 3.35. The molecule has 1 unspecified atom stereocenters. The first kappa shape index (κ1) is 13.7. The molecule has 0 fully saturated rings. The molecular weight excluding hydrogens is 260 g/mol. The first-order valence-corrected chi connectivity index (χ1v) is 7.14. The number of nitrogens with one attached hydrogen (secondary N) is 1. The molecule has 1 N–H and O–H groups in total. The van der Waals surface area contributed by atoms with Crippen LogP contribution in [0.5, 0.6) is 11.5 Å². The van der Waals surface area contributed by atoms with Crippen molar-refractivity contribution in [2.45, 2.75) is 19.9 Å². The Morgan fingerprint density at radius 1 is 1.37 bits per heavy atom. The maximum absolute atomic E-state index is 5.50. The molecule has 2 rings (SSSR count). The summed E-state index contributed by atoms with van der Waals surface area (Å²) in [5.41, 5.74) is 3.87. The van der Waals surface area contributed by atoms with E-state index in [2.05, 4.69) is 17.2 Å². The Balaban J connectivity index is 2.12. The number of methoxy groups -OCH3 is 1. The number of nitrogens with zero attached hydrogens (tertiary/aromatic N) is 1. The molecule has 0 aliphatic rings. The topological polar surface area (TPSA) is 43.4 Å². The molecule has 1 heterocycles. The van der Waals surface area contributed by atoms with Gasteiger partial charge in [-0.15, -0.1) is 11.3 Å². The van der Waals surface area contributed by atoms with Gasteiger partial charge in [0.15, 0.2) is 11.5 Å². The summed E-state index contributed by atoms with van der Waals surface area (Å²) in [7, 11) is 1.64. The lowest BCUT2D eigenvalue weighted by atomic mass is 10.2. The van der Waals surface area contributed by atoms with E-state index < -0.39 is 0 Å². The normalized spacial score (nSPS) is 11.9. The third kappa shape index (κ3) is 3.38. The lowest BCUT2D eigenvalue weighted by Gasteiger charge is -2.15. The number of anilines is 1. The highest BCUT2D eigenvalue weighted by Crippen LogP contribution is 2.31. The van der Waals surface area contributed by atoms with E-state index in [0.29, 0.717) is 6.61 Å². The van der Waals surface area contributed by atoms with E-state index in [1.807, 2.05) is 36.0 Å². The van der Waals surface area contributed by atoms with Crippen LogP contribution in [0.1, 0.15) is 25.6 Å². The van der Waals surface area contributed by atoms with Gasteiger partial charge in [0.2, 0.25) is 0 Å². The Hall–Kier alpha value is -1.75. The monoisotopic (exact) mass is 278 g/mol. The number of ether oxygens (including phenoxy) is 2. The molecule has 2 aromatic rings. The minimum Gasteiger partial charge on any atom is -0.493 e. The molecule has 1 aromatic carbocycles. The number of thiazole rings is 1. The van der Waals surface area contributed by atoms with Crippen molar-refractivity contribution in [1.82, 2.24) is 4.98 Å². The molecule has 1 atom stereocenters. The quantitative estimate of drug-likeness (QED) is 0.874.